The average molecular weight is 1120 g/mol. The minimum Gasteiger partial charge on any atom is -0.756 e. The molecule has 460 valence electrons. The van der Waals surface area contributed by atoms with E-state index in [-0.39, 0.29) is 32.0 Å². The van der Waals surface area contributed by atoms with E-state index in [1.165, 1.54) is 244 Å². The van der Waals surface area contributed by atoms with Gasteiger partial charge in [0.05, 0.1) is 27.7 Å². The van der Waals surface area contributed by atoms with Gasteiger partial charge in [0.1, 0.15) is 19.8 Å². The molecule has 0 saturated carbocycles. The third-order valence-corrected chi connectivity index (χ3v) is 16.1. The van der Waals surface area contributed by atoms with Crippen molar-refractivity contribution in [2.24, 2.45) is 0 Å². The van der Waals surface area contributed by atoms with Gasteiger partial charge in [0.15, 0.2) is 6.10 Å². The summed E-state index contributed by atoms with van der Waals surface area (Å²) in [6.07, 6.45) is 75.1. The van der Waals surface area contributed by atoms with Crippen LogP contribution in [0.1, 0.15) is 335 Å². The van der Waals surface area contributed by atoms with Gasteiger partial charge in [0, 0.05) is 12.8 Å². The van der Waals surface area contributed by atoms with Crippen LogP contribution in [-0.2, 0) is 32.7 Å². The van der Waals surface area contributed by atoms with Gasteiger partial charge in [-0.3, -0.25) is 14.2 Å². The van der Waals surface area contributed by atoms with Crippen LogP contribution >= 0.6 is 7.82 Å². The van der Waals surface area contributed by atoms with E-state index in [1.807, 2.05) is 21.1 Å². The summed E-state index contributed by atoms with van der Waals surface area (Å²) in [5.41, 5.74) is 0. The zero-order valence-corrected chi connectivity index (χ0v) is 53.3. The lowest BCUT2D eigenvalue weighted by atomic mass is 10.0. The van der Waals surface area contributed by atoms with Crippen molar-refractivity contribution in [3.8, 4) is 0 Å². The van der Waals surface area contributed by atoms with Gasteiger partial charge in [-0.05, 0) is 51.4 Å². The number of carbonyl (C=O) groups is 2. The first-order chi connectivity index (χ1) is 38.0. The van der Waals surface area contributed by atoms with Crippen molar-refractivity contribution in [2.75, 3.05) is 47.5 Å². The molecule has 0 spiro atoms. The Morgan fingerprint density at radius 3 is 1.03 bits per heavy atom. The molecule has 0 radical (unpaired) electrons. The normalized spacial score (nSPS) is 13.4. The highest BCUT2D eigenvalue weighted by molar-refractivity contribution is 7.45. The molecule has 0 aromatic heterocycles. The van der Waals surface area contributed by atoms with E-state index < -0.39 is 26.5 Å². The second-order valence-electron chi connectivity index (χ2n) is 24.2. The largest absolute Gasteiger partial charge is 0.756 e. The molecule has 0 saturated heterocycles. The molecule has 2 atom stereocenters. The molecule has 0 aliphatic heterocycles. The predicted molar refractivity (Wildman–Crippen MR) is 333 cm³/mol. The van der Waals surface area contributed by atoms with Gasteiger partial charge >= 0.3 is 11.9 Å². The van der Waals surface area contributed by atoms with Gasteiger partial charge in [-0.2, -0.15) is 0 Å². The summed E-state index contributed by atoms with van der Waals surface area (Å²) in [6.45, 7) is 4.28. The fourth-order valence-electron chi connectivity index (χ4n) is 9.96. The molecule has 0 heterocycles. The van der Waals surface area contributed by atoms with Gasteiger partial charge in [-0.15, -0.1) is 0 Å². The fraction of sp³-hybridized carbons (Fsp3) is 0.882. The third kappa shape index (κ3) is 63.4. The zero-order chi connectivity index (χ0) is 57.0. The monoisotopic (exact) mass is 1120 g/mol. The van der Waals surface area contributed by atoms with E-state index in [1.54, 1.807) is 0 Å². The first-order valence-corrected chi connectivity index (χ1v) is 35.2. The molecule has 0 aliphatic rings. The number of hydrogen-bond acceptors (Lipinski definition) is 8. The van der Waals surface area contributed by atoms with Crippen LogP contribution in [0.4, 0.5) is 0 Å². The molecule has 0 aliphatic carbocycles. The van der Waals surface area contributed by atoms with Crippen molar-refractivity contribution in [1.82, 2.24) is 0 Å². The number of phosphoric acid groups is 1. The summed E-state index contributed by atoms with van der Waals surface area (Å²) >= 11 is 0. The highest BCUT2D eigenvalue weighted by Gasteiger charge is 2.22. The Kier molecular flexibility index (Phi) is 58.5. The van der Waals surface area contributed by atoms with Crippen LogP contribution in [0, 0.1) is 0 Å². The predicted octanol–water partition coefficient (Wildman–Crippen LogP) is 20.9. The van der Waals surface area contributed by atoms with E-state index in [4.69, 9.17) is 18.5 Å². The molecule has 9 nitrogen and oxygen atoms in total. The number of nitrogens with zero attached hydrogens (tertiary/aromatic N) is 1. The lowest BCUT2D eigenvalue weighted by Crippen LogP contribution is -2.37. The molecule has 10 heteroatoms. The van der Waals surface area contributed by atoms with Crippen molar-refractivity contribution < 1.29 is 42.1 Å². The number of unbranched alkanes of at least 4 members (excludes halogenated alkanes) is 43. The van der Waals surface area contributed by atoms with Crippen molar-refractivity contribution in [3.05, 3.63) is 36.5 Å². The molecule has 0 fully saturated rings. The maximum atomic E-state index is 12.8. The quantitative estimate of drug-likeness (QED) is 0.0195. The Morgan fingerprint density at radius 2 is 0.692 bits per heavy atom. The van der Waals surface area contributed by atoms with Crippen molar-refractivity contribution in [1.29, 1.82) is 0 Å². The van der Waals surface area contributed by atoms with Crippen LogP contribution in [0.15, 0.2) is 36.5 Å². The standard InChI is InChI=1S/C68H130NO8P/c1-6-8-10-12-14-16-18-20-22-24-26-28-30-31-32-33-34-35-36-37-39-40-42-44-46-48-50-52-54-56-58-60-67(70)74-64-66(65-76-78(72,73)75-63-62-69(3,4)5)77-68(71)61-59-57-55-53-51-49-47-45-43-41-38-29-27-25-23-21-19-17-15-13-11-9-7-2/h19,21,25,27,38,41,66H,6-18,20,22-24,26,28-37,39-40,42-65H2,1-5H3/b21-19-,27-25-,41-38-. The minimum absolute atomic E-state index is 0.0310. The summed E-state index contributed by atoms with van der Waals surface area (Å²) in [6, 6.07) is 0. The van der Waals surface area contributed by atoms with Crippen LogP contribution in [0.2, 0.25) is 0 Å². The average Bonchev–Trinajstić information content (AvgIpc) is 3.40. The number of hydrogen-bond donors (Lipinski definition) is 0. The van der Waals surface area contributed by atoms with Gasteiger partial charge < -0.3 is 27.9 Å². The molecular formula is C68H130NO8P. The molecule has 0 rings (SSSR count). The van der Waals surface area contributed by atoms with Gasteiger partial charge in [0.2, 0.25) is 0 Å². The lowest BCUT2D eigenvalue weighted by molar-refractivity contribution is -0.870. The number of allylic oxidation sites excluding steroid dienone is 6. The number of esters is 2. The molecular weight excluding hydrogens is 990 g/mol. The summed E-state index contributed by atoms with van der Waals surface area (Å²) in [4.78, 5) is 38.0. The summed E-state index contributed by atoms with van der Waals surface area (Å²) in [5.74, 6) is -0.825. The number of likely N-dealkylation sites (N-methyl/N-ethyl adjacent to an activating group) is 1. The van der Waals surface area contributed by atoms with Crippen molar-refractivity contribution in [3.63, 3.8) is 0 Å². The Balaban J connectivity index is 4.02. The molecule has 2 unspecified atom stereocenters. The van der Waals surface area contributed by atoms with Crippen molar-refractivity contribution >= 4 is 19.8 Å². The summed E-state index contributed by atoms with van der Waals surface area (Å²) in [5, 5.41) is 0. The van der Waals surface area contributed by atoms with Gasteiger partial charge in [0.25, 0.3) is 7.82 Å². The molecule has 0 aromatic rings. The number of rotatable bonds is 63. The number of quaternary nitrogens is 1. The minimum atomic E-state index is -4.64. The fourth-order valence-corrected chi connectivity index (χ4v) is 10.7. The van der Waals surface area contributed by atoms with Crippen LogP contribution in [0.3, 0.4) is 0 Å². The summed E-state index contributed by atoms with van der Waals surface area (Å²) in [7, 11) is 1.17. The van der Waals surface area contributed by atoms with Crippen molar-refractivity contribution in [2.45, 2.75) is 341 Å². The molecule has 78 heavy (non-hydrogen) atoms. The zero-order valence-electron chi connectivity index (χ0n) is 52.4. The first-order valence-electron chi connectivity index (χ1n) is 33.7. The van der Waals surface area contributed by atoms with E-state index in [0.29, 0.717) is 17.4 Å². The van der Waals surface area contributed by atoms with E-state index in [0.717, 1.165) is 57.8 Å². The molecule has 0 bridgehead atoms. The molecule has 0 amide bonds. The number of phosphoric ester groups is 1. The first kappa shape index (κ1) is 76.2. The highest BCUT2D eigenvalue weighted by Crippen LogP contribution is 2.38. The van der Waals surface area contributed by atoms with E-state index >= 15 is 0 Å². The Morgan fingerprint density at radius 1 is 0.397 bits per heavy atom. The highest BCUT2D eigenvalue weighted by atomic mass is 31.2. The molecule has 0 N–H and O–H groups in total. The van der Waals surface area contributed by atoms with Crippen LogP contribution in [0.5, 0.6) is 0 Å². The van der Waals surface area contributed by atoms with Gasteiger partial charge in [-0.25, -0.2) is 0 Å². The second kappa shape index (κ2) is 59.8. The maximum Gasteiger partial charge on any atom is 0.306 e. The number of carbonyl (C=O) groups excluding carboxylic acids is 2. The lowest BCUT2D eigenvalue weighted by Gasteiger charge is -2.28. The molecule has 0 aromatic carbocycles. The van der Waals surface area contributed by atoms with Crippen LogP contribution < -0.4 is 4.89 Å². The number of ether oxygens (including phenoxy) is 2. The Bertz CT molecular complexity index is 1410. The van der Waals surface area contributed by atoms with Gasteiger partial charge in [-0.1, -0.05) is 307 Å². The maximum absolute atomic E-state index is 12.8. The SMILES string of the molecule is CCCCCCC/C=C\C/C=C\C/C=C\CCCCCCCCCCC(=O)OC(COC(=O)CCCCCCCCCCCCCCCCCCCCCCCCCCCCCCCCC)COP(=O)([O-])OCC[N+](C)(C)C. The van der Waals surface area contributed by atoms with E-state index in [9.17, 15) is 19.0 Å². The second-order valence-corrected chi connectivity index (χ2v) is 25.6. The topological polar surface area (TPSA) is 111 Å². The Hall–Kier alpha value is -1.77. The Labute approximate surface area is 484 Å². The third-order valence-electron chi connectivity index (χ3n) is 15.2. The van der Waals surface area contributed by atoms with E-state index in [2.05, 4.69) is 50.3 Å². The summed E-state index contributed by atoms with van der Waals surface area (Å²) < 4.78 is 34.3. The van der Waals surface area contributed by atoms with Crippen LogP contribution in [0.25, 0.3) is 0 Å². The van der Waals surface area contributed by atoms with Crippen LogP contribution in [-0.4, -0.2) is 70.0 Å². The smallest absolute Gasteiger partial charge is 0.306 e.